The van der Waals surface area contributed by atoms with E-state index in [0.717, 1.165) is 5.01 Å². The summed E-state index contributed by atoms with van der Waals surface area (Å²) >= 11 is 7.32. The highest BCUT2D eigenvalue weighted by Gasteiger charge is 2.24. The second-order valence-electron chi connectivity index (χ2n) is 4.59. The molecule has 1 atom stereocenters. The molecule has 1 aromatic carbocycles. The van der Waals surface area contributed by atoms with Crippen LogP contribution in [0.2, 0.25) is 5.02 Å². The van der Waals surface area contributed by atoms with E-state index in [2.05, 4.69) is 9.71 Å². The molecule has 0 aliphatic rings. The first-order valence-corrected chi connectivity index (χ1v) is 9.06. The van der Waals surface area contributed by atoms with Gasteiger partial charge in [0.15, 0.2) is 0 Å². The van der Waals surface area contributed by atoms with Crippen molar-refractivity contribution < 1.29 is 8.42 Å². The summed E-state index contributed by atoms with van der Waals surface area (Å²) in [5, 5.41) is 2.90. The Bertz CT molecular complexity index is 730. The Morgan fingerprint density at radius 1 is 1.48 bits per heavy atom. The predicted octanol–water partition coefficient (Wildman–Crippen LogP) is 3.12. The average molecular weight is 346 g/mol. The maximum Gasteiger partial charge on any atom is 0.241 e. The summed E-state index contributed by atoms with van der Waals surface area (Å²) in [6, 6.07) is 2.58. The Labute approximate surface area is 133 Å². The van der Waals surface area contributed by atoms with Crippen molar-refractivity contribution in [2.24, 2.45) is 0 Å². The summed E-state index contributed by atoms with van der Waals surface area (Å²) in [5.74, 6) is 0. The van der Waals surface area contributed by atoms with Crippen molar-refractivity contribution in [1.82, 2.24) is 9.71 Å². The molecule has 114 valence electrons. The Morgan fingerprint density at radius 2 is 2.19 bits per heavy atom. The second-order valence-corrected chi connectivity index (χ2v) is 7.61. The molecule has 21 heavy (non-hydrogen) atoms. The summed E-state index contributed by atoms with van der Waals surface area (Å²) in [5.41, 5.74) is 6.50. The Balaban J connectivity index is 2.36. The van der Waals surface area contributed by atoms with Gasteiger partial charge in [-0.1, -0.05) is 18.5 Å². The molecule has 0 aliphatic carbocycles. The summed E-state index contributed by atoms with van der Waals surface area (Å²) < 4.78 is 27.8. The zero-order chi connectivity index (χ0) is 15.6. The first kappa shape index (κ1) is 16.2. The number of halogens is 1. The molecule has 0 saturated carbocycles. The molecule has 1 aromatic heterocycles. The van der Waals surface area contributed by atoms with Gasteiger partial charge in [-0.15, -0.1) is 11.3 Å². The topological polar surface area (TPSA) is 85.1 Å². The predicted molar refractivity (Wildman–Crippen MR) is 86.1 cm³/mol. The van der Waals surface area contributed by atoms with E-state index in [1.807, 2.05) is 12.3 Å². The standard InChI is InChI=1S/C13H16ClN3O2S2/c1-3-11(13-16-4-5-20-13)17-21(18,19)12-7-10(15)9(14)6-8(12)2/h4-7,11,17H,3,15H2,1-2H3. The third-order valence-corrected chi connectivity index (χ3v) is 5.87. The molecule has 5 nitrogen and oxygen atoms in total. The maximum atomic E-state index is 12.5. The van der Waals surface area contributed by atoms with Gasteiger partial charge in [-0.3, -0.25) is 0 Å². The number of hydrogen-bond acceptors (Lipinski definition) is 5. The molecule has 0 saturated heterocycles. The number of benzene rings is 1. The average Bonchev–Trinajstić information content (AvgIpc) is 2.94. The van der Waals surface area contributed by atoms with Gasteiger partial charge in [-0.05, 0) is 31.0 Å². The molecule has 1 unspecified atom stereocenters. The van der Waals surface area contributed by atoms with Crippen molar-refractivity contribution in [1.29, 1.82) is 0 Å². The molecule has 2 aromatic rings. The van der Waals surface area contributed by atoms with E-state index in [0.29, 0.717) is 17.0 Å². The lowest BCUT2D eigenvalue weighted by molar-refractivity contribution is 0.548. The quantitative estimate of drug-likeness (QED) is 0.815. The van der Waals surface area contributed by atoms with Crippen LogP contribution in [0.4, 0.5) is 5.69 Å². The second kappa shape index (κ2) is 6.31. The normalized spacial score (nSPS) is 13.3. The molecular weight excluding hydrogens is 330 g/mol. The van der Waals surface area contributed by atoms with Gasteiger partial charge in [0.2, 0.25) is 10.0 Å². The molecule has 0 amide bonds. The van der Waals surface area contributed by atoms with Crippen LogP contribution in [0.3, 0.4) is 0 Å². The number of thiazole rings is 1. The minimum absolute atomic E-state index is 0.138. The van der Waals surface area contributed by atoms with Gasteiger partial charge >= 0.3 is 0 Å². The molecule has 0 fully saturated rings. The molecular formula is C13H16ClN3O2S2. The van der Waals surface area contributed by atoms with Crippen molar-refractivity contribution >= 4 is 38.6 Å². The maximum absolute atomic E-state index is 12.5. The molecule has 0 spiro atoms. The number of nitrogens with two attached hydrogens (primary N) is 1. The van der Waals surface area contributed by atoms with Crippen LogP contribution in [0, 0.1) is 6.92 Å². The van der Waals surface area contributed by atoms with Crippen LogP contribution in [-0.2, 0) is 10.0 Å². The van der Waals surface area contributed by atoms with E-state index < -0.39 is 10.0 Å². The van der Waals surface area contributed by atoms with Gasteiger partial charge in [0.25, 0.3) is 0 Å². The molecule has 0 radical (unpaired) electrons. The van der Waals surface area contributed by atoms with Gasteiger partial charge < -0.3 is 5.73 Å². The fourth-order valence-corrected chi connectivity index (χ4v) is 4.53. The van der Waals surface area contributed by atoms with E-state index in [-0.39, 0.29) is 16.6 Å². The molecule has 8 heteroatoms. The van der Waals surface area contributed by atoms with Crippen LogP contribution < -0.4 is 10.5 Å². The van der Waals surface area contributed by atoms with E-state index in [1.165, 1.54) is 17.4 Å². The molecule has 1 heterocycles. The first-order chi connectivity index (χ1) is 9.85. The van der Waals surface area contributed by atoms with E-state index >= 15 is 0 Å². The van der Waals surface area contributed by atoms with Crippen LogP contribution >= 0.6 is 22.9 Å². The summed E-state index contributed by atoms with van der Waals surface area (Å²) in [7, 11) is -3.69. The SMILES string of the molecule is CCC(NS(=O)(=O)c1cc(N)c(Cl)cc1C)c1nccs1. The van der Waals surface area contributed by atoms with Crippen LogP contribution in [0.1, 0.15) is 30.0 Å². The highest BCUT2D eigenvalue weighted by atomic mass is 35.5. The van der Waals surface area contributed by atoms with E-state index in [1.54, 1.807) is 19.2 Å². The monoisotopic (exact) mass is 345 g/mol. The zero-order valence-electron chi connectivity index (χ0n) is 11.6. The summed E-state index contributed by atoms with van der Waals surface area (Å²) in [4.78, 5) is 4.30. The minimum Gasteiger partial charge on any atom is -0.397 e. The van der Waals surface area contributed by atoms with Crippen molar-refractivity contribution in [2.75, 3.05) is 5.73 Å². The Hall–Kier alpha value is -1.15. The van der Waals surface area contributed by atoms with Gasteiger partial charge in [0.1, 0.15) is 5.01 Å². The first-order valence-electron chi connectivity index (χ1n) is 6.32. The summed E-state index contributed by atoms with van der Waals surface area (Å²) in [6.45, 7) is 3.59. The number of nitrogen functional groups attached to an aromatic ring is 1. The van der Waals surface area contributed by atoms with Crippen LogP contribution in [0.25, 0.3) is 0 Å². The zero-order valence-corrected chi connectivity index (χ0v) is 14.0. The fourth-order valence-electron chi connectivity index (χ4n) is 1.92. The number of hydrogen-bond donors (Lipinski definition) is 2. The third kappa shape index (κ3) is 3.55. The van der Waals surface area contributed by atoms with E-state index in [4.69, 9.17) is 17.3 Å². The molecule has 2 rings (SSSR count). The number of sulfonamides is 1. The Kier molecular flexibility index (Phi) is 4.88. The lowest BCUT2D eigenvalue weighted by Crippen LogP contribution is -2.29. The van der Waals surface area contributed by atoms with Crippen molar-refractivity contribution in [3.63, 3.8) is 0 Å². The van der Waals surface area contributed by atoms with E-state index in [9.17, 15) is 8.42 Å². The lowest BCUT2D eigenvalue weighted by Gasteiger charge is -2.16. The number of aromatic nitrogens is 1. The van der Waals surface area contributed by atoms with Crippen LogP contribution in [-0.4, -0.2) is 13.4 Å². The van der Waals surface area contributed by atoms with Gasteiger partial charge in [-0.25, -0.2) is 18.1 Å². The third-order valence-electron chi connectivity index (χ3n) is 3.04. The highest BCUT2D eigenvalue weighted by molar-refractivity contribution is 7.89. The van der Waals surface area contributed by atoms with Crippen molar-refractivity contribution in [3.05, 3.63) is 39.3 Å². The number of nitrogens with zero attached hydrogens (tertiary/aromatic N) is 1. The number of rotatable bonds is 5. The molecule has 3 N–H and O–H groups in total. The van der Waals surface area contributed by atoms with Crippen LogP contribution in [0.5, 0.6) is 0 Å². The van der Waals surface area contributed by atoms with Gasteiger partial charge in [0, 0.05) is 11.6 Å². The van der Waals surface area contributed by atoms with Crippen molar-refractivity contribution in [3.8, 4) is 0 Å². The highest BCUT2D eigenvalue weighted by Crippen LogP contribution is 2.28. The van der Waals surface area contributed by atoms with Gasteiger partial charge in [-0.2, -0.15) is 0 Å². The number of aryl methyl sites for hydroxylation is 1. The van der Waals surface area contributed by atoms with Crippen molar-refractivity contribution in [2.45, 2.75) is 31.2 Å². The van der Waals surface area contributed by atoms with Crippen LogP contribution in [0.15, 0.2) is 28.6 Å². The molecule has 0 bridgehead atoms. The number of nitrogens with one attached hydrogen (secondary N) is 1. The molecule has 0 aliphatic heterocycles. The number of anilines is 1. The van der Waals surface area contributed by atoms with Gasteiger partial charge in [0.05, 0.1) is 21.6 Å². The Morgan fingerprint density at radius 3 is 2.76 bits per heavy atom. The smallest absolute Gasteiger partial charge is 0.241 e. The minimum atomic E-state index is -3.69. The lowest BCUT2D eigenvalue weighted by atomic mass is 10.2. The largest absolute Gasteiger partial charge is 0.397 e. The fraction of sp³-hybridized carbons (Fsp3) is 0.308. The summed E-state index contributed by atoms with van der Waals surface area (Å²) in [6.07, 6.45) is 2.26.